The van der Waals surface area contributed by atoms with E-state index in [4.69, 9.17) is 4.84 Å². The maximum absolute atomic E-state index is 11.2. The number of esters is 1. The molecule has 0 heterocycles. The first-order valence-corrected chi connectivity index (χ1v) is 4.87. The van der Waals surface area contributed by atoms with E-state index >= 15 is 0 Å². The predicted molar refractivity (Wildman–Crippen MR) is 55.5 cm³/mol. The van der Waals surface area contributed by atoms with Crippen LogP contribution in [0.15, 0.2) is 5.16 Å². The standard InChI is InChI=1S/C10H17NO4/c1-5-14-10(13)9(8(4)12)11-15-6-7(2)3/h7H,5-6H2,1-4H3/b11-9-. The first-order valence-electron chi connectivity index (χ1n) is 4.87. The van der Waals surface area contributed by atoms with E-state index in [1.165, 1.54) is 6.92 Å². The topological polar surface area (TPSA) is 65.0 Å². The van der Waals surface area contributed by atoms with Crippen molar-refractivity contribution in [2.45, 2.75) is 27.7 Å². The number of rotatable bonds is 6. The lowest BCUT2D eigenvalue weighted by molar-refractivity contribution is -0.136. The zero-order chi connectivity index (χ0) is 11.8. The van der Waals surface area contributed by atoms with Crippen LogP contribution in [0.2, 0.25) is 0 Å². The van der Waals surface area contributed by atoms with Gasteiger partial charge in [-0.2, -0.15) is 0 Å². The van der Waals surface area contributed by atoms with Gasteiger partial charge in [0, 0.05) is 6.92 Å². The van der Waals surface area contributed by atoms with Gasteiger partial charge < -0.3 is 9.57 Å². The van der Waals surface area contributed by atoms with Gasteiger partial charge in [0.15, 0.2) is 5.78 Å². The maximum atomic E-state index is 11.2. The summed E-state index contributed by atoms with van der Waals surface area (Å²) in [5.74, 6) is -0.921. The first-order chi connectivity index (χ1) is 6.99. The largest absolute Gasteiger partial charge is 0.461 e. The third kappa shape index (κ3) is 5.83. The molecule has 0 atom stereocenters. The third-order valence-corrected chi connectivity index (χ3v) is 1.37. The van der Waals surface area contributed by atoms with E-state index in [-0.39, 0.29) is 18.2 Å². The Labute approximate surface area is 89.4 Å². The summed E-state index contributed by atoms with van der Waals surface area (Å²) in [6, 6.07) is 0. The Bertz CT molecular complexity index is 258. The summed E-state index contributed by atoms with van der Waals surface area (Å²) in [7, 11) is 0. The number of hydrogen-bond donors (Lipinski definition) is 0. The minimum Gasteiger partial charge on any atom is -0.461 e. The molecule has 0 aliphatic rings. The van der Waals surface area contributed by atoms with Crippen LogP contribution < -0.4 is 0 Å². The van der Waals surface area contributed by atoms with Crippen molar-refractivity contribution in [1.29, 1.82) is 0 Å². The third-order valence-electron chi connectivity index (χ3n) is 1.37. The summed E-state index contributed by atoms with van der Waals surface area (Å²) in [4.78, 5) is 27.1. The van der Waals surface area contributed by atoms with Gasteiger partial charge >= 0.3 is 5.97 Å². The summed E-state index contributed by atoms with van der Waals surface area (Å²) in [6.07, 6.45) is 0. The molecule has 0 aliphatic carbocycles. The molecular formula is C10H17NO4. The number of nitrogens with zero attached hydrogens (tertiary/aromatic N) is 1. The van der Waals surface area contributed by atoms with Crippen LogP contribution in [0.3, 0.4) is 0 Å². The van der Waals surface area contributed by atoms with Crippen LogP contribution in [0.4, 0.5) is 0 Å². The Morgan fingerprint density at radius 3 is 2.33 bits per heavy atom. The molecule has 0 aromatic heterocycles. The quantitative estimate of drug-likeness (QED) is 0.289. The Balaban J connectivity index is 4.38. The van der Waals surface area contributed by atoms with E-state index in [2.05, 4.69) is 9.89 Å². The molecule has 0 N–H and O–H groups in total. The Hall–Kier alpha value is -1.39. The predicted octanol–water partition coefficient (Wildman–Crippen LogP) is 1.17. The summed E-state index contributed by atoms with van der Waals surface area (Å²) >= 11 is 0. The molecule has 0 saturated carbocycles. The van der Waals surface area contributed by atoms with E-state index in [9.17, 15) is 9.59 Å². The zero-order valence-electron chi connectivity index (χ0n) is 9.57. The second kappa shape index (κ2) is 6.98. The average Bonchev–Trinajstić information content (AvgIpc) is 2.11. The Morgan fingerprint density at radius 1 is 1.33 bits per heavy atom. The van der Waals surface area contributed by atoms with Crippen LogP contribution >= 0.6 is 0 Å². The molecule has 0 radical (unpaired) electrons. The molecule has 0 aromatic carbocycles. The molecular weight excluding hydrogens is 198 g/mol. The lowest BCUT2D eigenvalue weighted by atomic mass is 10.2. The Kier molecular flexibility index (Phi) is 6.33. The SMILES string of the molecule is CCOC(=O)/C(=N\OCC(C)C)C(C)=O. The number of Topliss-reactive ketones (excluding diaryl/α,β-unsaturated/α-hetero) is 1. The minimum absolute atomic E-state index is 0.204. The van der Waals surface area contributed by atoms with E-state index in [1.54, 1.807) is 6.92 Å². The van der Waals surface area contributed by atoms with Gasteiger partial charge in [-0.1, -0.05) is 19.0 Å². The van der Waals surface area contributed by atoms with E-state index in [0.717, 1.165) is 0 Å². The summed E-state index contributed by atoms with van der Waals surface area (Å²) in [5.41, 5.74) is -0.294. The molecule has 0 bridgehead atoms. The van der Waals surface area contributed by atoms with Crippen molar-refractivity contribution in [2.75, 3.05) is 13.2 Å². The fraction of sp³-hybridized carbons (Fsp3) is 0.700. The molecule has 5 nitrogen and oxygen atoms in total. The van der Waals surface area contributed by atoms with Crippen LogP contribution in [0, 0.1) is 5.92 Å². The van der Waals surface area contributed by atoms with Gasteiger partial charge in [0.1, 0.15) is 6.61 Å². The average molecular weight is 215 g/mol. The monoisotopic (exact) mass is 215 g/mol. The fourth-order valence-electron chi connectivity index (χ4n) is 0.696. The van der Waals surface area contributed by atoms with Crippen LogP contribution in [0.1, 0.15) is 27.7 Å². The number of carbonyl (C=O) groups is 2. The summed E-state index contributed by atoms with van der Waals surface area (Å²) in [5, 5.41) is 3.47. The number of hydrogen-bond acceptors (Lipinski definition) is 5. The van der Waals surface area contributed by atoms with Gasteiger partial charge in [-0.3, -0.25) is 4.79 Å². The van der Waals surface area contributed by atoms with Crippen molar-refractivity contribution < 1.29 is 19.2 Å². The van der Waals surface area contributed by atoms with Crippen molar-refractivity contribution in [3.63, 3.8) is 0 Å². The second-order valence-corrected chi connectivity index (χ2v) is 3.41. The lowest BCUT2D eigenvalue weighted by Gasteiger charge is -2.04. The van der Waals surface area contributed by atoms with Crippen LogP contribution in [0.5, 0.6) is 0 Å². The molecule has 0 amide bonds. The molecule has 0 unspecified atom stereocenters. The molecule has 0 aromatic rings. The van der Waals surface area contributed by atoms with Gasteiger partial charge in [0.25, 0.3) is 0 Å². The molecule has 15 heavy (non-hydrogen) atoms. The lowest BCUT2D eigenvalue weighted by Crippen LogP contribution is -2.25. The van der Waals surface area contributed by atoms with Crippen molar-refractivity contribution in [1.82, 2.24) is 0 Å². The first kappa shape index (κ1) is 13.6. The highest BCUT2D eigenvalue weighted by Gasteiger charge is 2.18. The van der Waals surface area contributed by atoms with Gasteiger partial charge in [0.05, 0.1) is 6.61 Å². The molecule has 0 saturated heterocycles. The minimum atomic E-state index is -0.742. The van der Waals surface area contributed by atoms with Gasteiger partial charge in [-0.05, 0) is 12.8 Å². The fourth-order valence-corrected chi connectivity index (χ4v) is 0.696. The van der Waals surface area contributed by atoms with Gasteiger partial charge in [0.2, 0.25) is 5.71 Å². The molecule has 5 heteroatoms. The summed E-state index contributed by atoms with van der Waals surface area (Å²) < 4.78 is 4.65. The number of carbonyl (C=O) groups excluding carboxylic acids is 2. The van der Waals surface area contributed by atoms with E-state index < -0.39 is 11.8 Å². The highest BCUT2D eigenvalue weighted by Crippen LogP contribution is 1.95. The summed E-state index contributed by atoms with van der Waals surface area (Å²) in [6.45, 7) is 7.34. The molecule has 0 fully saturated rings. The number of ketones is 1. The van der Waals surface area contributed by atoms with E-state index in [1.807, 2.05) is 13.8 Å². The van der Waals surface area contributed by atoms with Gasteiger partial charge in [-0.15, -0.1) is 0 Å². The van der Waals surface area contributed by atoms with Gasteiger partial charge in [-0.25, -0.2) is 4.79 Å². The molecule has 86 valence electrons. The smallest absolute Gasteiger partial charge is 0.364 e. The van der Waals surface area contributed by atoms with Crippen molar-refractivity contribution >= 4 is 17.5 Å². The van der Waals surface area contributed by atoms with Crippen LogP contribution in [0.25, 0.3) is 0 Å². The molecule has 0 aliphatic heterocycles. The maximum Gasteiger partial charge on any atom is 0.364 e. The zero-order valence-corrected chi connectivity index (χ0v) is 9.57. The highest BCUT2D eigenvalue weighted by molar-refractivity contribution is 6.63. The second-order valence-electron chi connectivity index (χ2n) is 3.41. The van der Waals surface area contributed by atoms with Crippen molar-refractivity contribution in [3.05, 3.63) is 0 Å². The van der Waals surface area contributed by atoms with Crippen LogP contribution in [-0.4, -0.2) is 30.7 Å². The highest BCUT2D eigenvalue weighted by atomic mass is 16.6. The number of oxime groups is 1. The van der Waals surface area contributed by atoms with Crippen molar-refractivity contribution in [2.24, 2.45) is 11.1 Å². The molecule has 0 rings (SSSR count). The normalized spacial score (nSPS) is 11.4. The Morgan fingerprint density at radius 2 is 1.93 bits per heavy atom. The van der Waals surface area contributed by atoms with E-state index in [0.29, 0.717) is 6.61 Å². The number of ether oxygens (including phenoxy) is 1. The van der Waals surface area contributed by atoms with Crippen molar-refractivity contribution in [3.8, 4) is 0 Å². The molecule has 0 spiro atoms. The van der Waals surface area contributed by atoms with Crippen LogP contribution in [-0.2, 0) is 19.2 Å².